The minimum absolute atomic E-state index is 0.198. The van der Waals surface area contributed by atoms with E-state index in [9.17, 15) is 4.79 Å². The number of piperidine rings is 2. The van der Waals surface area contributed by atoms with Crippen molar-refractivity contribution in [3.8, 4) is 0 Å². The third-order valence-corrected chi connectivity index (χ3v) is 4.65. The van der Waals surface area contributed by atoms with Crippen LogP contribution in [-0.2, 0) is 0 Å². The molecule has 4 rings (SSSR count). The lowest BCUT2D eigenvalue weighted by atomic mass is 9.67. The Balaban J connectivity index is 1.94. The van der Waals surface area contributed by atoms with Crippen molar-refractivity contribution < 1.29 is 4.79 Å². The Labute approximate surface area is 103 Å². The van der Waals surface area contributed by atoms with Gasteiger partial charge in [-0.1, -0.05) is 30.3 Å². The molecule has 17 heavy (non-hydrogen) atoms. The molecule has 0 atom stereocenters. The maximum absolute atomic E-state index is 12.7. The zero-order chi connectivity index (χ0) is 11.9. The molecule has 2 heteroatoms. The number of ketones is 1. The first-order chi connectivity index (χ1) is 8.22. The number of carbonyl (C=O) groups is 1. The first-order valence-corrected chi connectivity index (χ1v) is 6.53. The summed E-state index contributed by atoms with van der Waals surface area (Å²) >= 11 is 0. The molecule has 0 amide bonds. The second-order valence-electron chi connectivity index (χ2n) is 5.55. The highest BCUT2D eigenvalue weighted by Crippen LogP contribution is 2.43. The van der Waals surface area contributed by atoms with Gasteiger partial charge < -0.3 is 0 Å². The van der Waals surface area contributed by atoms with Crippen molar-refractivity contribution in [2.45, 2.75) is 31.2 Å². The fourth-order valence-corrected chi connectivity index (χ4v) is 3.54. The summed E-state index contributed by atoms with van der Waals surface area (Å²) in [6.07, 6.45) is 4.54. The third kappa shape index (κ3) is 1.62. The summed E-state index contributed by atoms with van der Waals surface area (Å²) in [5.41, 5.74) is 0.676. The van der Waals surface area contributed by atoms with Gasteiger partial charge >= 0.3 is 0 Å². The van der Waals surface area contributed by atoms with Gasteiger partial charge in [0.2, 0.25) is 0 Å². The van der Waals surface area contributed by atoms with Gasteiger partial charge in [-0.3, -0.25) is 9.69 Å². The van der Waals surface area contributed by atoms with Gasteiger partial charge in [0, 0.05) is 12.1 Å². The van der Waals surface area contributed by atoms with Gasteiger partial charge in [-0.15, -0.1) is 0 Å². The quantitative estimate of drug-likeness (QED) is 0.727. The van der Waals surface area contributed by atoms with Crippen molar-refractivity contribution in [1.82, 2.24) is 4.90 Å². The van der Waals surface area contributed by atoms with E-state index in [2.05, 4.69) is 11.9 Å². The van der Waals surface area contributed by atoms with Crippen LogP contribution in [-0.4, -0.2) is 29.8 Å². The van der Waals surface area contributed by atoms with Crippen molar-refractivity contribution in [1.29, 1.82) is 0 Å². The molecule has 1 aromatic carbocycles. The number of nitrogens with zero attached hydrogens (tertiary/aromatic N) is 1. The maximum Gasteiger partial charge on any atom is 0.183 e. The average molecular weight is 229 g/mol. The third-order valence-electron chi connectivity index (χ3n) is 4.65. The number of likely N-dealkylation sites (N-methyl/N-ethyl adjacent to an activating group) is 1. The molecule has 2 heterocycles. The fraction of sp³-hybridized carbons (Fsp3) is 0.533. The van der Waals surface area contributed by atoms with E-state index in [1.807, 2.05) is 30.3 Å². The molecule has 3 fully saturated rings. The van der Waals surface area contributed by atoms with E-state index < -0.39 is 0 Å². The van der Waals surface area contributed by atoms with Crippen LogP contribution in [0.4, 0.5) is 0 Å². The minimum atomic E-state index is -0.198. The topological polar surface area (TPSA) is 20.3 Å². The van der Waals surface area contributed by atoms with Crippen LogP contribution in [0.2, 0.25) is 0 Å². The molecule has 1 saturated carbocycles. The van der Waals surface area contributed by atoms with E-state index in [1.54, 1.807) is 0 Å². The summed E-state index contributed by atoms with van der Waals surface area (Å²) in [7, 11) is 2.12. The van der Waals surface area contributed by atoms with Crippen molar-refractivity contribution in [2.75, 3.05) is 13.6 Å². The van der Waals surface area contributed by atoms with Crippen LogP contribution in [0.25, 0.3) is 0 Å². The van der Waals surface area contributed by atoms with Crippen molar-refractivity contribution in [3.63, 3.8) is 0 Å². The Hall–Kier alpha value is -1.15. The van der Waals surface area contributed by atoms with E-state index in [0.29, 0.717) is 5.78 Å². The molecule has 2 nitrogen and oxygen atoms in total. The van der Waals surface area contributed by atoms with E-state index in [4.69, 9.17) is 0 Å². The van der Waals surface area contributed by atoms with Crippen LogP contribution in [0.3, 0.4) is 0 Å². The number of Topliss-reactive ketones (excluding diaryl/α,β-unsaturated/α-hetero) is 1. The predicted molar refractivity (Wildman–Crippen MR) is 68.1 cm³/mol. The SMILES string of the molecule is CN1CC2CCC1(C(=O)c1ccccc1)CC2. The van der Waals surface area contributed by atoms with Crippen LogP contribution in [0.15, 0.2) is 30.3 Å². The van der Waals surface area contributed by atoms with E-state index in [-0.39, 0.29) is 5.54 Å². The van der Waals surface area contributed by atoms with Gasteiger partial charge in [0.15, 0.2) is 5.78 Å². The Morgan fingerprint density at radius 3 is 2.47 bits per heavy atom. The maximum atomic E-state index is 12.7. The molecule has 2 saturated heterocycles. The van der Waals surface area contributed by atoms with Gasteiger partial charge in [0.05, 0.1) is 5.54 Å². The highest BCUT2D eigenvalue weighted by atomic mass is 16.1. The molecule has 0 N–H and O–H groups in total. The Morgan fingerprint density at radius 1 is 1.24 bits per heavy atom. The summed E-state index contributed by atoms with van der Waals surface area (Å²) in [6.45, 7) is 1.10. The average Bonchev–Trinajstić information content (AvgIpc) is 2.40. The van der Waals surface area contributed by atoms with Crippen molar-refractivity contribution in [3.05, 3.63) is 35.9 Å². The van der Waals surface area contributed by atoms with Crippen LogP contribution in [0.5, 0.6) is 0 Å². The summed E-state index contributed by atoms with van der Waals surface area (Å²) in [6, 6.07) is 9.78. The molecule has 90 valence electrons. The second kappa shape index (κ2) is 3.95. The minimum Gasteiger partial charge on any atom is -0.294 e. The molecule has 0 unspecified atom stereocenters. The zero-order valence-corrected chi connectivity index (χ0v) is 10.4. The van der Waals surface area contributed by atoms with E-state index in [0.717, 1.165) is 30.9 Å². The predicted octanol–water partition coefficient (Wildman–Crippen LogP) is 2.74. The summed E-state index contributed by atoms with van der Waals surface area (Å²) in [5, 5.41) is 0. The summed E-state index contributed by atoms with van der Waals surface area (Å²) < 4.78 is 0. The summed E-state index contributed by atoms with van der Waals surface area (Å²) in [4.78, 5) is 15.1. The first kappa shape index (κ1) is 11.0. The van der Waals surface area contributed by atoms with Crippen LogP contribution in [0.1, 0.15) is 36.0 Å². The lowest BCUT2D eigenvalue weighted by Gasteiger charge is -2.52. The van der Waals surface area contributed by atoms with Gasteiger partial charge in [-0.05, 0) is 38.6 Å². The Kier molecular flexibility index (Phi) is 2.55. The van der Waals surface area contributed by atoms with Crippen LogP contribution in [0, 0.1) is 5.92 Å². The standard InChI is InChI=1S/C15H19NO/c1-16-11-12-7-9-15(16,10-8-12)14(17)13-5-3-2-4-6-13/h2-6,12H,7-11H2,1H3. The number of carbonyl (C=O) groups excluding carboxylic acids is 1. The Morgan fingerprint density at radius 2 is 1.88 bits per heavy atom. The number of hydrogen-bond donors (Lipinski definition) is 0. The number of fused-ring (bicyclic) bond motifs is 3. The Bertz CT molecular complexity index is 418. The van der Waals surface area contributed by atoms with Gasteiger partial charge in [0.1, 0.15) is 0 Å². The molecule has 1 aliphatic carbocycles. The first-order valence-electron chi connectivity index (χ1n) is 6.53. The summed E-state index contributed by atoms with van der Waals surface area (Å²) in [5.74, 6) is 1.16. The van der Waals surface area contributed by atoms with E-state index >= 15 is 0 Å². The normalized spacial score (nSPS) is 32.6. The van der Waals surface area contributed by atoms with Gasteiger partial charge in [-0.25, -0.2) is 0 Å². The number of rotatable bonds is 2. The molecule has 0 spiro atoms. The number of benzene rings is 1. The van der Waals surface area contributed by atoms with Crippen LogP contribution < -0.4 is 0 Å². The zero-order valence-electron chi connectivity index (χ0n) is 10.4. The molecular formula is C15H19NO. The fourth-order valence-electron chi connectivity index (χ4n) is 3.54. The highest BCUT2D eigenvalue weighted by molar-refractivity contribution is 6.03. The molecule has 3 aliphatic rings. The monoisotopic (exact) mass is 229 g/mol. The smallest absolute Gasteiger partial charge is 0.183 e. The molecule has 2 bridgehead atoms. The molecule has 0 aromatic heterocycles. The largest absolute Gasteiger partial charge is 0.294 e. The number of hydrogen-bond acceptors (Lipinski definition) is 2. The van der Waals surface area contributed by atoms with Crippen molar-refractivity contribution in [2.24, 2.45) is 5.92 Å². The lowest BCUT2D eigenvalue weighted by molar-refractivity contribution is -0.00345. The molecule has 2 aliphatic heterocycles. The second-order valence-corrected chi connectivity index (χ2v) is 5.55. The molecule has 0 radical (unpaired) electrons. The van der Waals surface area contributed by atoms with Gasteiger partial charge in [-0.2, -0.15) is 0 Å². The van der Waals surface area contributed by atoms with Gasteiger partial charge in [0.25, 0.3) is 0 Å². The molecular weight excluding hydrogens is 210 g/mol. The van der Waals surface area contributed by atoms with Crippen molar-refractivity contribution >= 4 is 5.78 Å². The highest BCUT2D eigenvalue weighted by Gasteiger charge is 2.49. The van der Waals surface area contributed by atoms with E-state index in [1.165, 1.54) is 12.8 Å². The lowest BCUT2D eigenvalue weighted by Crippen LogP contribution is -2.60. The van der Waals surface area contributed by atoms with Crippen LogP contribution >= 0.6 is 0 Å². The molecule has 1 aromatic rings.